The maximum absolute atomic E-state index is 5.71. The summed E-state index contributed by atoms with van der Waals surface area (Å²) >= 11 is 0. The van der Waals surface area contributed by atoms with Gasteiger partial charge in [0.05, 0.1) is 26.4 Å². The van der Waals surface area contributed by atoms with Gasteiger partial charge in [-0.1, -0.05) is 0 Å². The highest BCUT2D eigenvalue weighted by Crippen LogP contribution is 2.12. The molecule has 140 valence electrons. The van der Waals surface area contributed by atoms with Gasteiger partial charge in [-0.3, -0.25) is 9.89 Å². The number of hydrogen-bond acceptors (Lipinski definition) is 5. The van der Waals surface area contributed by atoms with Gasteiger partial charge in [0, 0.05) is 58.4 Å². The van der Waals surface area contributed by atoms with Gasteiger partial charge in [-0.15, -0.1) is 0 Å². The van der Waals surface area contributed by atoms with E-state index in [4.69, 9.17) is 14.2 Å². The average molecular weight is 342 g/mol. The number of ether oxygens (including phenoxy) is 3. The number of rotatable bonds is 10. The van der Waals surface area contributed by atoms with Crippen LogP contribution in [0.1, 0.15) is 19.8 Å². The SMILES string of the molecule is CCNC(=NCCCOCC1CCOC1)NCCN1CCOCC1. The quantitative estimate of drug-likeness (QED) is 0.339. The second-order valence-corrected chi connectivity index (χ2v) is 6.30. The van der Waals surface area contributed by atoms with Crippen LogP contribution in [0.25, 0.3) is 0 Å². The van der Waals surface area contributed by atoms with Crippen LogP contribution < -0.4 is 10.6 Å². The van der Waals surface area contributed by atoms with Crippen molar-refractivity contribution >= 4 is 5.96 Å². The summed E-state index contributed by atoms with van der Waals surface area (Å²) in [5, 5.41) is 6.70. The third kappa shape index (κ3) is 8.28. The van der Waals surface area contributed by atoms with Gasteiger partial charge in [0.2, 0.25) is 0 Å². The molecule has 0 aromatic heterocycles. The first kappa shape index (κ1) is 19.4. The molecule has 0 radical (unpaired) electrons. The highest BCUT2D eigenvalue weighted by molar-refractivity contribution is 5.79. The molecule has 2 heterocycles. The Morgan fingerprint density at radius 1 is 1.21 bits per heavy atom. The molecule has 7 nitrogen and oxygen atoms in total. The standard InChI is InChI=1S/C17H34N4O3/c1-2-18-17(20-6-7-21-8-12-22-13-9-21)19-5-3-10-23-14-16-4-11-24-15-16/h16H,2-15H2,1H3,(H2,18,19,20). The van der Waals surface area contributed by atoms with Crippen molar-refractivity contribution in [2.24, 2.45) is 10.9 Å². The molecule has 2 aliphatic rings. The minimum Gasteiger partial charge on any atom is -0.381 e. The van der Waals surface area contributed by atoms with E-state index in [2.05, 4.69) is 27.4 Å². The zero-order chi connectivity index (χ0) is 16.9. The summed E-state index contributed by atoms with van der Waals surface area (Å²) < 4.78 is 16.4. The molecule has 1 unspecified atom stereocenters. The number of aliphatic imine (C=N–C) groups is 1. The van der Waals surface area contributed by atoms with Crippen molar-refractivity contribution < 1.29 is 14.2 Å². The van der Waals surface area contributed by atoms with Crippen LogP contribution in [-0.2, 0) is 14.2 Å². The molecule has 2 rings (SSSR count). The molecule has 2 saturated heterocycles. The van der Waals surface area contributed by atoms with E-state index in [1.807, 2.05) is 0 Å². The van der Waals surface area contributed by atoms with E-state index in [1.54, 1.807) is 0 Å². The van der Waals surface area contributed by atoms with Gasteiger partial charge in [0.15, 0.2) is 5.96 Å². The van der Waals surface area contributed by atoms with E-state index >= 15 is 0 Å². The first-order valence-corrected chi connectivity index (χ1v) is 9.36. The minimum atomic E-state index is 0.590. The molecule has 0 bridgehead atoms. The fourth-order valence-corrected chi connectivity index (χ4v) is 2.82. The lowest BCUT2D eigenvalue weighted by Gasteiger charge is -2.26. The van der Waals surface area contributed by atoms with Crippen LogP contribution in [0.4, 0.5) is 0 Å². The van der Waals surface area contributed by atoms with Crippen LogP contribution in [-0.4, -0.2) is 89.8 Å². The second-order valence-electron chi connectivity index (χ2n) is 6.30. The van der Waals surface area contributed by atoms with Crippen molar-refractivity contribution in [1.82, 2.24) is 15.5 Å². The van der Waals surface area contributed by atoms with Crippen LogP contribution >= 0.6 is 0 Å². The van der Waals surface area contributed by atoms with E-state index in [0.29, 0.717) is 5.92 Å². The van der Waals surface area contributed by atoms with Gasteiger partial charge in [0.25, 0.3) is 0 Å². The molecule has 0 amide bonds. The lowest BCUT2D eigenvalue weighted by Crippen LogP contribution is -2.44. The third-order valence-corrected chi connectivity index (χ3v) is 4.26. The smallest absolute Gasteiger partial charge is 0.191 e. The Bertz CT molecular complexity index is 343. The van der Waals surface area contributed by atoms with Crippen molar-refractivity contribution in [3.63, 3.8) is 0 Å². The van der Waals surface area contributed by atoms with Gasteiger partial charge in [0.1, 0.15) is 0 Å². The Kier molecular flexibility index (Phi) is 10.1. The number of nitrogens with zero attached hydrogens (tertiary/aromatic N) is 2. The maximum atomic E-state index is 5.71. The normalized spacial score (nSPS) is 22.7. The number of nitrogens with one attached hydrogen (secondary N) is 2. The van der Waals surface area contributed by atoms with E-state index in [9.17, 15) is 0 Å². The van der Waals surface area contributed by atoms with Gasteiger partial charge >= 0.3 is 0 Å². The van der Waals surface area contributed by atoms with Crippen LogP contribution in [0.3, 0.4) is 0 Å². The largest absolute Gasteiger partial charge is 0.381 e. The van der Waals surface area contributed by atoms with E-state index in [0.717, 1.165) is 97.7 Å². The van der Waals surface area contributed by atoms with Crippen LogP contribution in [0.5, 0.6) is 0 Å². The molecule has 0 spiro atoms. The summed E-state index contributed by atoms with van der Waals surface area (Å²) in [6.45, 7) is 12.8. The zero-order valence-electron chi connectivity index (χ0n) is 15.1. The highest BCUT2D eigenvalue weighted by Gasteiger charge is 2.15. The Hall–Kier alpha value is -0.890. The van der Waals surface area contributed by atoms with Crippen molar-refractivity contribution in [2.45, 2.75) is 19.8 Å². The number of guanidine groups is 1. The summed E-state index contributed by atoms with van der Waals surface area (Å²) in [5.74, 6) is 1.49. The molecule has 0 aliphatic carbocycles. The summed E-state index contributed by atoms with van der Waals surface area (Å²) in [6.07, 6.45) is 2.09. The van der Waals surface area contributed by atoms with Gasteiger partial charge in [-0.2, -0.15) is 0 Å². The summed E-state index contributed by atoms with van der Waals surface area (Å²) in [6, 6.07) is 0. The van der Waals surface area contributed by atoms with Gasteiger partial charge in [-0.05, 0) is 19.8 Å². The molecule has 0 aromatic carbocycles. The molecule has 24 heavy (non-hydrogen) atoms. The first-order chi connectivity index (χ1) is 11.9. The molecule has 0 saturated carbocycles. The van der Waals surface area contributed by atoms with Crippen molar-refractivity contribution in [3.05, 3.63) is 0 Å². The van der Waals surface area contributed by atoms with E-state index in [1.165, 1.54) is 0 Å². The molecule has 0 aromatic rings. The lowest BCUT2D eigenvalue weighted by molar-refractivity contribution is 0.0389. The van der Waals surface area contributed by atoms with Gasteiger partial charge < -0.3 is 24.8 Å². The highest BCUT2D eigenvalue weighted by atomic mass is 16.5. The predicted octanol–water partition coefficient (Wildman–Crippen LogP) is 0.317. The Labute approximate surface area is 146 Å². The fourth-order valence-electron chi connectivity index (χ4n) is 2.82. The minimum absolute atomic E-state index is 0.590. The first-order valence-electron chi connectivity index (χ1n) is 9.36. The van der Waals surface area contributed by atoms with E-state index < -0.39 is 0 Å². The second kappa shape index (κ2) is 12.5. The maximum Gasteiger partial charge on any atom is 0.191 e. The van der Waals surface area contributed by atoms with Crippen LogP contribution in [0.15, 0.2) is 4.99 Å². The predicted molar refractivity (Wildman–Crippen MR) is 95.6 cm³/mol. The van der Waals surface area contributed by atoms with E-state index in [-0.39, 0.29) is 0 Å². The van der Waals surface area contributed by atoms with Crippen LogP contribution in [0, 0.1) is 5.92 Å². The molecule has 2 N–H and O–H groups in total. The summed E-state index contributed by atoms with van der Waals surface area (Å²) in [4.78, 5) is 7.03. The summed E-state index contributed by atoms with van der Waals surface area (Å²) in [7, 11) is 0. The Morgan fingerprint density at radius 2 is 2.08 bits per heavy atom. The molecular formula is C17H34N4O3. The molecule has 2 aliphatic heterocycles. The third-order valence-electron chi connectivity index (χ3n) is 4.26. The molecule has 2 fully saturated rings. The van der Waals surface area contributed by atoms with Crippen LogP contribution in [0.2, 0.25) is 0 Å². The number of hydrogen-bond donors (Lipinski definition) is 2. The lowest BCUT2D eigenvalue weighted by atomic mass is 10.1. The van der Waals surface area contributed by atoms with Crippen molar-refractivity contribution in [1.29, 1.82) is 0 Å². The zero-order valence-corrected chi connectivity index (χ0v) is 15.1. The average Bonchev–Trinajstić information content (AvgIpc) is 3.12. The monoisotopic (exact) mass is 342 g/mol. The molecular weight excluding hydrogens is 308 g/mol. The Morgan fingerprint density at radius 3 is 2.83 bits per heavy atom. The molecule has 1 atom stereocenters. The Balaban J connectivity index is 1.52. The number of morpholine rings is 1. The summed E-state index contributed by atoms with van der Waals surface area (Å²) in [5.41, 5.74) is 0. The van der Waals surface area contributed by atoms with Crippen molar-refractivity contribution in [2.75, 3.05) is 78.9 Å². The molecule has 7 heteroatoms. The van der Waals surface area contributed by atoms with Gasteiger partial charge in [-0.25, -0.2) is 0 Å². The van der Waals surface area contributed by atoms with Crippen molar-refractivity contribution in [3.8, 4) is 0 Å². The fraction of sp³-hybridized carbons (Fsp3) is 0.941. The topological polar surface area (TPSA) is 67.4 Å².